The molecule has 30 heavy (non-hydrogen) atoms. The molecule has 8 heteroatoms. The van der Waals surface area contributed by atoms with Gasteiger partial charge in [-0.3, -0.25) is 14.6 Å². The molecule has 1 amide bonds. The summed E-state index contributed by atoms with van der Waals surface area (Å²) in [7, 11) is 0. The van der Waals surface area contributed by atoms with Gasteiger partial charge in [0.1, 0.15) is 0 Å². The fraction of sp³-hybridized carbons (Fsp3) is 0.500. The number of nitrogens with one attached hydrogen (secondary N) is 1. The van der Waals surface area contributed by atoms with Crippen molar-refractivity contribution in [3.63, 3.8) is 0 Å². The molecular weight excluding hydrogens is 400 g/mol. The zero-order valence-corrected chi connectivity index (χ0v) is 18.0. The lowest BCUT2D eigenvalue weighted by molar-refractivity contribution is 0.0929. The van der Waals surface area contributed by atoms with E-state index in [2.05, 4.69) is 60.3 Å². The molecule has 0 radical (unpaired) electrons. The summed E-state index contributed by atoms with van der Waals surface area (Å²) in [5, 5.41) is 3.26. The van der Waals surface area contributed by atoms with E-state index >= 15 is 0 Å². The van der Waals surface area contributed by atoms with Crippen molar-refractivity contribution in [2.75, 3.05) is 57.3 Å². The van der Waals surface area contributed by atoms with Crippen LogP contribution in [0.15, 0.2) is 36.5 Å². The Kier molecular flexibility index (Phi) is 7.15. The molecule has 0 saturated carbocycles. The second-order valence-corrected chi connectivity index (χ2v) is 8.33. The highest BCUT2D eigenvalue weighted by Crippen LogP contribution is 2.19. The summed E-state index contributed by atoms with van der Waals surface area (Å²) in [5.41, 5.74) is 1.62. The average Bonchev–Trinajstić information content (AvgIpc) is 3.31. The minimum Gasteiger partial charge on any atom is -0.349 e. The second kappa shape index (κ2) is 10.2. The van der Waals surface area contributed by atoms with Crippen molar-refractivity contribution >= 4 is 23.5 Å². The molecule has 2 aromatic rings. The highest BCUT2D eigenvalue weighted by atomic mass is 35.5. The van der Waals surface area contributed by atoms with E-state index in [0.29, 0.717) is 17.5 Å². The number of carbonyl (C=O) groups is 1. The van der Waals surface area contributed by atoms with E-state index in [4.69, 9.17) is 11.6 Å². The van der Waals surface area contributed by atoms with E-state index in [-0.39, 0.29) is 11.6 Å². The molecular formula is C22H29ClN6O. The Bertz CT molecular complexity index is 835. The molecule has 2 fully saturated rings. The third kappa shape index (κ3) is 5.47. The van der Waals surface area contributed by atoms with Gasteiger partial charge < -0.3 is 10.2 Å². The molecule has 0 spiro atoms. The summed E-state index contributed by atoms with van der Waals surface area (Å²) in [6, 6.07) is 10.6. The Hall–Kier alpha value is -2.22. The molecule has 4 rings (SSSR count). The van der Waals surface area contributed by atoms with E-state index < -0.39 is 0 Å². The van der Waals surface area contributed by atoms with Gasteiger partial charge in [-0.05, 0) is 18.4 Å². The highest BCUT2D eigenvalue weighted by molar-refractivity contribution is 6.33. The first-order chi connectivity index (χ1) is 14.7. The summed E-state index contributed by atoms with van der Waals surface area (Å²) in [6.45, 7) is 8.37. The molecule has 1 aromatic carbocycles. The van der Waals surface area contributed by atoms with Crippen molar-refractivity contribution < 1.29 is 4.79 Å². The second-order valence-electron chi connectivity index (χ2n) is 7.92. The van der Waals surface area contributed by atoms with Gasteiger partial charge in [-0.25, -0.2) is 9.97 Å². The minimum atomic E-state index is -0.231. The minimum absolute atomic E-state index is 0.231. The summed E-state index contributed by atoms with van der Waals surface area (Å²) in [6.07, 6.45) is 3.79. The van der Waals surface area contributed by atoms with Gasteiger partial charge in [0, 0.05) is 58.9 Å². The van der Waals surface area contributed by atoms with Gasteiger partial charge >= 0.3 is 0 Å². The van der Waals surface area contributed by atoms with Gasteiger partial charge in [0.05, 0.1) is 11.2 Å². The Morgan fingerprint density at radius 1 is 1.00 bits per heavy atom. The van der Waals surface area contributed by atoms with Crippen LogP contribution < -0.4 is 10.2 Å². The topological polar surface area (TPSA) is 64.6 Å². The van der Waals surface area contributed by atoms with Crippen molar-refractivity contribution in [2.24, 2.45) is 0 Å². The predicted octanol–water partition coefficient (Wildman–Crippen LogP) is 2.28. The smallest absolute Gasteiger partial charge is 0.271 e. The van der Waals surface area contributed by atoms with Crippen LogP contribution in [0.1, 0.15) is 28.9 Å². The number of nitrogens with zero attached hydrogens (tertiary/aromatic N) is 5. The van der Waals surface area contributed by atoms with E-state index in [9.17, 15) is 4.79 Å². The molecule has 3 heterocycles. The maximum Gasteiger partial charge on any atom is 0.271 e. The van der Waals surface area contributed by atoms with E-state index in [1.165, 1.54) is 11.8 Å². The summed E-state index contributed by atoms with van der Waals surface area (Å²) in [4.78, 5) is 28.3. The van der Waals surface area contributed by atoms with E-state index in [1.807, 2.05) is 0 Å². The van der Waals surface area contributed by atoms with Crippen molar-refractivity contribution in [1.29, 1.82) is 0 Å². The van der Waals surface area contributed by atoms with Gasteiger partial charge in [-0.2, -0.15) is 0 Å². The lowest BCUT2D eigenvalue weighted by atomic mass is 10.2. The van der Waals surface area contributed by atoms with Gasteiger partial charge in [0.15, 0.2) is 5.69 Å². The third-order valence-electron chi connectivity index (χ3n) is 5.76. The van der Waals surface area contributed by atoms with E-state index in [0.717, 1.165) is 65.2 Å². The number of amides is 1. The number of aromatic nitrogens is 2. The van der Waals surface area contributed by atoms with Crippen LogP contribution in [-0.4, -0.2) is 78.0 Å². The van der Waals surface area contributed by atoms with Crippen LogP contribution in [0.25, 0.3) is 0 Å². The quantitative estimate of drug-likeness (QED) is 0.729. The number of anilines is 1. The summed E-state index contributed by atoms with van der Waals surface area (Å²) < 4.78 is 0. The number of hydrogen-bond donors (Lipinski definition) is 1. The molecule has 0 unspecified atom stereocenters. The van der Waals surface area contributed by atoms with Crippen molar-refractivity contribution in [2.45, 2.75) is 19.4 Å². The monoisotopic (exact) mass is 428 g/mol. The van der Waals surface area contributed by atoms with Crippen molar-refractivity contribution in [1.82, 2.24) is 25.1 Å². The highest BCUT2D eigenvalue weighted by Gasteiger charge is 2.20. The standard InChI is InChI=1S/C22H29ClN6O/c23-19-16-25-22(29-9-4-5-10-29)26-20(19)21(30)24-8-11-27-12-14-28(15-13-27)17-18-6-2-1-3-7-18/h1-3,6-7,16H,4-5,8-15,17H2,(H,24,30). The molecule has 2 aliphatic rings. The van der Waals surface area contributed by atoms with Crippen LogP contribution in [0, 0.1) is 0 Å². The van der Waals surface area contributed by atoms with Gasteiger partial charge in [0.2, 0.25) is 5.95 Å². The molecule has 1 aromatic heterocycles. The molecule has 7 nitrogen and oxygen atoms in total. The zero-order valence-electron chi connectivity index (χ0n) is 17.3. The summed E-state index contributed by atoms with van der Waals surface area (Å²) >= 11 is 6.19. The normalized spacial score (nSPS) is 18.0. The number of rotatable bonds is 7. The maximum absolute atomic E-state index is 12.6. The maximum atomic E-state index is 12.6. The van der Waals surface area contributed by atoms with Crippen LogP contribution in [0.5, 0.6) is 0 Å². The number of halogens is 1. The fourth-order valence-corrected chi connectivity index (χ4v) is 4.19. The van der Waals surface area contributed by atoms with Gasteiger partial charge in [0.25, 0.3) is 5.91 Å². The number of hydrogen-bond acceptors (Lipinski definition) is 6. The molecule has 1 N–H and O–H groups in total. The van der Waals surface area contributed by atoms with Crippen LogP contribution in [0.2, 0.25) is 5.02 Å². The SMILES string of the molecule is O=C(NCCN1CCN(Cc2ccccc2)CC1)c1nc(N2CCCC2)ncc1Cl. The zero-order chi connectivity index (χ0) is 20.8. The first-order valence-corrected chi connectivity index (χ1v) is 11.1. The predicted molar refractivity (Wildman–Crippen MR) is 119 cm³/mol. The molecule has 0 bridgehead atoms. The van der Waals surface area contributed by atoms with Crippen LogP contribution in [-0.2, 0) is 6.54 Å². The molecule has 2 aliphatic heterocycles. The summed E-state index contributed by atoms with van der Waals surface area (Å²) in [5.74, 6) is 0.363. The first-order valence-electron chi connectivity index (χ1n) is 10.7. The van der Waals surface area contributed by atoms with Gasteiger partial charge in [-0.15, -0.1) is 0 Å². The lowest BCUT2D eigenvalue weighted by Gasteiger charge is -2.34. The molecule has 160 valence electrons. The fourth-order valence-electron chi connectivity index (χ4n) is 4.01. The number of benzene rings is 1. The van der Waals surface area contributed by atoms with Crippen LogP contribution >= 0.6 is 11.6 Å². The molecule has 0 atom stereocenters. The average molecular weight is 429 g/mol. The molecule has 0 aliphatic carbocycles. The molecule has 2 saturated heterocycles. The van der Waals surface area contributed by atoms with Gasteiger partial charge in [-0.1, -0.05) is 41.9 Å². The number of piperazine rings is 1. The first kappa shape index (κ1) is 21.0. The number of carbonyl (C=O) groups excluding carboxylic acids is 1. The Labute approximate surface area is 183 Å². The van der Waals surface area contributed by atoms with Crippen molar-refractivity contribution in [3.05, 3.63) is 52.8 Å². The Morgan fingerprint density at radius 2 is 1.70 bits per heavy atom. The Morgan fingerprint density at radius 3 is 2.43 bits per heavy atom. The Balaban J connectivity index is 1.21. The van der Waals surface area contributed by atoms with Crippen LogP contribution in [0.4, 0.5) is 5.95 Å². The third-order valence-corrected chi connectivity index (χ3v) is 6.04. The van der Waals surface area contributed by atoms with E-state index in [1.54, 1.807) is 0 Å². The largest absolute Gasteiger partial charge is 0.349 e. The van der Waals surface area contributed by atoms with Crippen LogP contribution in [0.3, 0.4) is 0 Å². The van der Waals surface area contributed by atoms with Crippen molar-refractivity contribution in [3.8, 4) is 0 Å². The lowest BCUT2D eigenvalue weighted by Crippen LogP contribution is -2.48.